The van der Waals surface area contributed by atoms with Gasteiger partial charge in [0, 0.05) is 19.8 Å². The summed E-state index contributed by atoms with van der Waals surface area (Å²) in [7, 11) is -1.89. The monoisotopic (exact) mass is 257 g/mol. The first-order valence-electron chi connectivity index (χ1n) is 5.39. The van der Waals surface area contributed by atoms with Crippen LogP contribution in [-0.4, -0.2) is 27.0 Å². The van der Waals surface area contributed by atoms with E-state index in [0.29, 0.717) is 12.2 Å². The summed E-state index contributed by atoms with van der Waals surface area (Å²) < 4.78 is 26.6. The van der Waals surface area contributed by atoms with Gasteiger partial charge in [-0.1, -0.05) is 20.8 Å². The van der Waals surface area contributed by atoms with Crippen LogP contribution in [0.25, 0.3) is 0 Å². The standard InChI is InChI=1S/C11H19N3O2S/c1-11(2,3)8-14-17(15,16)10-9(12-4)6-5-7-13-10/h5-7,12,14H,8H2,1-4H3. The van der Waals surface area contributed by atoms with Crippen LogP contribution < -0.4 is 10.0 Å². The number of aromatic nitrogens is 1. The Morgan fingerprint density at radius 2 is 2.00 bits per heavy atom. The minimum atomic E-state index is -3.56. The molecule has 5 nitrogen and oxygen atoms in total. The van der Waals surface area contributed by atoms with Crippen LogP contribution in [0.1, 0.15) is 20.8 Å². The first kappa shape index (κ1) is 13.9. The number of pyridine rings is 1. The Labute approximate surface area is 103 Å². The van der Waals surface area contributed by atoms with Crippen molar-refractivity contribution in [2.45, 2.75) is 25.8 Å². The third-order valence-electron chi connectivity index (χ3n) is 2.09. The van der Waals surface area contributed by atoms with E-state index >= 15 is 0 Å². The fraction of sp³-hybridized carbons (Fsp3) is 0.545. The number of anilines is 1. The fourth-order valence-corrected chi connectivity index (χ4v) is 2.59. The van der Waals surface area contributed by atoms with Crippen LogP contribution in [0, 0.1) is 5.41 Å². The van der Waals surface area contributed by atoms with Crippen LogP contribution in [0.4, 0.5) is 5.69 Å². The number of nitrogens with one attached hydrogen (secondary N) is 2. The molecule has 0 amide bonds. The van der Waals surface area contributed by atoms with Gasteiger partial charge in [0.15, 0.2) is 5.03 Å². The van der Waals surface area contributed by atoms with Crippen molar-refractivity contribution in [2.75, 3.05) is 18.9 Å². The number of hydrogen-bond donors (Lipinski definition) is 2. The summed E-state index contributed by atoms with van der Waals surface area (Å²) in [5.41, 5.74) is 0.385. The molecule has 2 N–H and O–H groups in total. The van der Waals surface area contributed by atoms with Crippen LogP contribution in [0.15, 0.2) is 23.4 Å². The van der Waals surface area contributed by atoms with Gasteiger partial charge in [0.2, 0.25) is 0 Å². The average molecular weight is 257 g/mol. The molecule has 1 heterocycles. The highest BCUT2D eigenvalue weighted by Crippen LogP contribution is 2.18. The molecular formula is C11H19N3O2S. The summed E-state index contributed by atoms with van der Waals surface area (Å²) in [6.07, 6.45) is 1.46. The molecule has 0 unspecified atom stereocenters. The third-order valence-corrected chi connectivity index (χ3v) is 3.45. The summed E-state index contributed by atoms with van der Waals surface area (Å²) in [5, 5.41) is 2.85. The highest BCUT2D eigenvalue weighted by atomic mass is 32.2. The molecule has 1 aromatic rings. The van der Waals surface area contributed by atoms with Crippen molar-refractivity contribution in [3.05, 3.63) is 18.3 Å². The molecule has 0 radical (unpaired) electrons. The highest BCUT2D eigenvalue weighted by molar-refractivity contribution is 7.89. The second-order valence-corrected chi connectivity index (χ2v) is 6.67. The van der Waals surface area contributed by atoms with Crippen molar-refractivity contribution in [3.63, 3.8) is 0 Å². The van der Waals surface area contributed by atoms with Crippen molar-refractivity contribution in [1.29, 1.82) is 0 Å². The molecule has 6 heteroatoms. The van der Waals surface area contributed by atoms with E-state index in [9.17, 15) is 8.42 Å². The first-order valence-corrected chi connectivity index (χ1v) is 6.87. The molecule has 0 aliphatic carbocycles. The molecule has 0 spiro atoms. The number of hydrogen-bond acceptors (Lipinski definition) is 4. The molecule has 0 aliphatic heterocycles. The Morgan fingerprint density at radius 3 is 2.53 bits per heavy atom. The van der Waals surface area contributed by atoms with E-state index < -0.39 is 10.0 Å². The van der Waals surface area contributed by atoms with Crippen LogP contribution >= 0.6 is 0 Å². The second kappa shape index (κ2) is 5.01. The first-order chi connectivity index (χ1) is 7.76. The van der Waals surface area contributed by atoms with Gasteiger partial charge in [0.05, 0.1) is 5.69 Å². The van der Waals surface area contributed by atoms with E-state index in [2.05, 4.69) is 15.0 Å². The summed E-state index contributed by atoms with van der Waals surface area (Å²) >= 11 is 0. The topological polar surface area (TPSA) is 71.1 Å². The Morgan fingerprint density at radius 1 is 1.35 bits per heavy atom. The Kier molecular flexibility index (Phi) is 4.11. The molecule has 0 saturated heterocycles. The van der Waals surface area contributed by atoms with E-state index in [1.165, 1.54) is 6.20 Å². The molecule has 0 bridgehead atoms. The maximum absolute atomic E-state index is 12.0. The predicted molar refractivity (Wildman–Crippen MR) is 68.4 cm³/mol. The van der Waals surface area contributed by atoms with Crippen molar-refractivity contribution < 1.29 is 8.42 Å². The molecular weight excluding hydrogens is 238 g/mol. The normalized spacial score (nSPS) is 12.5. The molecule has 96 valence electrons. The van der Waals surface area contributed by atoms with Gasteiger partial charge < -0.3 is 5.32 Å². The van der Waals surface area contributed by atoms with E-state index in [4.69, 9.17) is 0 Å². The van der Waals surface area contributed by atoms with E-state index in [1.54, 1.807) is 19.2 Å². The van der Waals surface area contributed by atoms with Gasteiger partial charge in [0.25, 0.3) is 10.0 Å². The minimum absolute atomic E-state index is 0.0340. The maximum atomic E-state index is 12.0. The van der Waals surface area contributed by atoms with E-state index in [-0.39, 0.29) is 10.4 Å². The van der Waals surface area contributed by atoms with Crippen molar-refractivity contribution in [1.82, 2.24) is 9.71 Å². The minimum Gasteiger partial charge on any atom is -0.386 e. The van der Waals surface area contributed by atoms with E-state index in [0.717, 1.165) is 0 Å². The van der Waals surface area contributed by atoms with E-state index in [1.807, 2.05) is 20.8 Å². The zero-order valence-corrected chi connectivity index (χ0v) is 11.4. The zero-order valence-electron chi connectivity index (χ0n) is 10.6. The van der Waals surface area contributed by atoms with Gasteiger partial charge in [-0.25, -0.2) is 18.1 Å². The summed E-state index contributed by atoms with van der Waals surface area (Å²) in [5.74, 6) is 0. The predicted octanol–water partition coefficient (Wildman–Crippen LogP) is 1.45. The van der Waals surface area contributed by atoms with Crippen LogP contribution in [0.2, 0.25) is 0 Å². The van der Waals surface area contributed by atoms with Gasteiger partial charge >= 0.3 is 0 Å². The lowest BCUT2D eigenvalue weighted by molar-refractivity contribution is 0.407. The largest absolute Gasteiger partial charge is 0.386 e. The molecule has 1 aromatic heterocycles. The fourth-order valence-electron chi connectivity index (χ4n) is 1.18. The highest BCUT2D eigenvalue weighted by Gasteiger charge is 2.22. The number of rotatable bonds is 4. The molecule has 0 atom stereocenters. The lowest BCUT2D eigenvalue weighted by Gasteiger charge is -2.19. The van der Waals surface area contributed by atoms with Crippen molar-refractivity contribution in [2.24, 2.45) is 5.41 Å². The van der Waals surface area contributed by atoms with Crippen LogP contribution in [-0.2, 0) is 10.0 Å². The quantitative estimate of drug-likeness (QED) is 0.856. The Balaban J connectivity index is 2.98. The summed E-state index contributed by atoms with van der Waals surface area (Å²) in [4.78, 5) is 3.91. The van der Waals surface area contributed by atoms with Crippen molar-refractivity contribution in [3.8, 4) is 0 Å². The van der Waals surface area contributed by atoms with Gasteiger partial charge in [-0.05, 0) is 17.5 Å². The number of sulfonamides is 1. The van der Waals surface area contributed by atoms with Gasteiger partial charge in [-0.3, -0.25) is 0 Å². The lowest BCUT2D eigenvalue weighted by Crippen LogP contribution is -2.33. The van der Waals surface area contributed by atoms with Gasteiger partial charge in [-0.2, -0.15) is 0 Å². The van der Waals surface area contributed by atoms with Gasteiger partial charge in [-0.15, -0.1) is 0 Å². The third kappa shape index (κ3) is 3.98. The van der Waals surface area contributed by atoms with Crippen molar-refractivity contribution >= 4 is 15.7 Å². The molecule has 1 rings (SSSR count). The molecule has 0 aliphatic rings. The zero-order chi connectivity index (χ0) is 13.1. The summed E-state index contributed by atoms with van der Waals surface area (Å²) in [6, 6.07) is 3.37. The Hall–Kier alpha value is -1.14. The van der Waals surface area contributed by atoms with Crippen LogP contribution in [0.3, 0.4) is 0 Å². The smallest absolute Gasteiger partial charge is 0.260 e. The molecule has 0 fully saturated rings. The SMILES string of the molecule is CNc1cccnc1S(=O)(=O)NCC(C)(C)C. The lowest BCUT2D eigenvalue weighted by atomic mass is 9.98. The Bertz CT molecular complexity index is 478. The maximum Gasteiger partial charge on any atom is 0.260 e. The second-order valence-electron chi connectivity index (χ2n) is 4.99. The van der Waals surface area contributed by atoms with Crippen LogP contribution in [0.5, 0.6) is 0 Å². The van der Waals surface area contributed by atoms with Gasteiger partial charge in [0.1, 0.15) is 0 Å². The molecule has 17 heavy (non-hydrogen) atoms. The molecule has 0 saturated carbocycles. The number of nitrogens with zero attached hydrogens (tertiary/aromatic N) is 1. The molecule has 0 aromatic carbocycles. The average Bonchev–Trinajstić information content (AvgIpc) is 2.26. The summed E-state index contributed by atoms with van der Waals surface area (Å²) in [6.45, 7) is 6.27.